The zero-order valence-electron chi connectivity index (χ0n) is 13.8. The average molecular weight is 318 g/mol. The lowest BCUT2D eigenvalue weighted by Crippen LogP contribution is -2.38. The molecule has 0 atom stereocenters. The summed E-state index contributed by atoms with van der Waals surface area (Å²) in [6, 6.07) is 0. The smallest absolute Gasteiger partial charge is 0.309 e. The fourth-order valence-corrected chi connectivity index (χ4v) is 4.25. The quantitative estimate of drug-likeness (QED) is 0.813. The molecular formula is C16H30O4S. The van der Waals surface area contributed by atoms with Gasteiger partial charge in [-0.3, -0.25) is 4.79 Å². The number of hydrogen-bond donors (Lipinski definition) is 1. The van der Waals surface area contributed by atoms with Gasteiger partial charge >= 0.3 is 5.97 Å². The number of carboxylic acid groups (broad SMARTS) is 1. The zero-order chi connectivity index (χ0) is 16.3. The van der Waals surface area contributed by atoms with Gasteiger partial charge in [-0.05, 0) is 49.9 Å². The first-order valence-electron chi connectivity index (χ1n) is 7.96. The molecule has 1 aliphatic rings. The van der Waals surface area contributed by atoms with Gasteiger partial charge in [0.05, 0.1) is 11.2 Å². The van der Waals surface area contributed by atoms with Gasteiger partial charge in [-0.1, -0.05) is 27.7 Å². The molecule has 0 unspecified atom stereocenters. The lowest BCUT2D eigenvalue weighted by molar-refractivity contribution is -0.153. The SMILES string of the molecule is CCS(=O)(=O)CCCC1(C(=O)O)CCC(C(C)(C)C)CC1. The molecule has 0 aromatic carbocycles. The molecule has 0 saturated heterocycles. The van der Waals surface area contributed by atoms with Crippen LogP contribution in [0.15, 0.2) is 0 Å². The van der Waals surface area contributed by atoms with E-state index in [2.05, 4.69) is 20.8 Å². The minimum atomic E-state index is -3.00. The van der Waals surface area contributed by atoms with E-state index >= 15 is 0 Å². The van der Waals surface area contributed by atoms with Crippen molar-refractivity contribution in [1.82, 2.24) is 0 Å². The Hall–Kier alpha value is -0.580. The van der Waals surface area contributed by atoms with Crippen LogP contribution in [0.25, 0.3) is 0 Å². The molecular weight excluding hydrogens is 288 g/mol. The summed E-state index contributed by atoms with van der Waals surface area (Å²) in [5, 5.41) is 9.62. The molecule has 0 amide bonds. The van der Waals surface area contributed by atoms with Gasteiger partial charge in [0.25, 0.3) is 0 Å². The predicted molar refractivity (Wildman–Crippen MR) is 85.0 cm³/mol. The van der Waals surface area contributed by atoms with Crippen molar-refractivity contribution < 1.29 is 18.3 Å². The molecule has 1 fully saturated rings. The Kier molecular flexibility index (Phi) is 5.87. The van der Waals surface area contributed by atoms with Crippen molar-refractivity contribution in [3.05, 3.63) is 0 Å². The topological polar surface area (TPSA) is 71.4 Å². The van der Waals surface area contributed by atoms with E-state index in [0.717, 1.165) is 12.8 Å². The van der Waals surface area contributed by atoms with E-state index < -0.39 is 21.2 Å². The monoisotopic (exact) mass is 318 g/mol. The minimum Gasteiger partial charge on any atom is -0.481 e. The van der Waals surface area contributed by atoms with Crippen LogP contribution in [0, 0.1) is 16.7 Å². The van der Waals surface area contributed by atoms with Crippen molar-refractivity contribution in [3.63, 3.8) is 0 Å². The van der Waals surface area contributed by atoms with Crippen molar-refractivity contribution in [2.24, 2.45) is 16.7 Å². The average Bonchev–Trinajstić information content (AvgIpc) is 2.38. The molecule has 0 spiro atoms. The van der Waals surface area contributed by atoms with Crippen LogP contribution in [0.5, 0.6) is 0 Å². The van der Waals surface area contributed by atoms with Crippen molar-refractivity contribution in [2.45, 2.75) is 66.2 Å². The van der Waals surface area contributed by atoms with E-state index in [-0.39, 0.29) is 16.9 Å². The summed E-state index contributed by atoms with van der Waals surface area (Å²) in [5.74, 6) is 0.0635. The summed E-state index contributed by atoms with van der Waals surface area (Å²) < 4.78 is 23.1. The maximum atomic E-state index is 11.7. The standard InChI is InChI=1S/C16H30O4S/c1-5-21(19,20)12-6-9-16(14(17)18)10-7-13(8-11-16)15(2,3)4/h13H,5-12H2,1-4H3,(H,17,18). The largest absolute Gasteiger partial charge is 0.481 e. The van der Waals surface area contributed by atoms with E-state index in [1.54, 1.807) is 6.92 Å². The molecule has 0 aromatic rings. The van der Waals surface area contributed by atoms with E-state index in [4.69, 9.17) is 0 Å². The van der Waals surface area contributed by atoms with E-state index in [1.807, 2.05) is 0 Å². The third-order valence-electron chi connectivity index (χ3n) is 5.17. The van der Waals surface area contributed by atoms with Crippen molar-refractivity contribution >= 4 is 15.8 Å². The number of carboxylic acids is 1. The highest BCUT2D eigenvalue weighted by molar-refractivity contribution is 7.91. The van der Waals surface area contributed by atoms with Crippen LogP contribution < -0.4 is 0 Å². The Balaban J connectivity index is 2.65. The van der Waals surface area contributed by atoms with Crippen LogP contribution in [0.2, 0.25) is 0 Å². The molecule has 1 rings (SSSR count). The van der Waals surface area contributed by atoms with Gasteiger partial charge in [0.2, 0.25) is 0 Å². The highest BCUT2D eigenvalue weighted by Crippen LogP contribution is 2.47. The first-order valence-corrected chi connectivity index (χ1v) is 9.78. The molecule has 0 aromatic heterocycles. The summed E-state index contributed by atoms with van der Waals surface area (Å²) in [4.78, 5) is 11.7. The Labute approximate surface area is 129 Å². The molecule has 21 heavy (non-hydrogen) atoms. The predicted octanol–water partition coefficient (Wildman–Crippen LogP) is 3.51. The Morgan fingerprint density at radius 1 is 1.24 bits per heavy atom. The summed E-state index contributed by atoms with van der Waals surface area (Å²) in [6.45, 7) is 8.26. The van der Waals surface area contributed by atoms with Gasteiger partial charge in [-0.15, -0.1) is 0 Å². The molecule has 0 radical (unpaired) electrons. The fourth-order valence-electron chi connectivity index (χ4n) is 3.38. The first kappa shape index (κ1) is 18.5. The Morgan fingerprint density at radius 2 is 1.76 bits per heavy atom. The summed E-state index contributed by atoms with van der Waals surface area (Å²) in [6.07, 6.45) is 4.15. The number of rotatable bonds is 6. The van der Waals surface area contributed by atoms with Crippen molar-refractivity contribution in [3.8, 4) is 0 Å². The van der Waals surface area contributed by atoms with E-state index in [0.29, 0.717) is 31.6 Å². The molecule has 0 aliphatic heterocycles. The number of sulfone groups is 1. The molecule has 1 N–H and O–H groups in total. The van der Waals surface area contributed by atoms with E-state index in [9.17, 15) is 18.3 Å². The zero-order valence-corrected chi connectivity index (χ0v) is 14.6. The van der Waals surface area contributed by atoms with Crippen LogP contribution in [0.4, 0.5) is 0 Å². The number of carbonyl (C=O) groups is 1. The number of hydrogen-bond acceptors (Lipinski definition) is 3. The third kappa shape index (κ3) is 4.97. The molecule has 4 nitrogen and oxygen atoms in total. The minimum absolute atomic E-state index is 0.112. The molecule has 5 heteroatoms. The summed E-state index contributed by atoms with van der Waals surface area (Å²) in [5.41, 5.74) is -0.485. The third-order valence-corrected chi connectivity index (χ3v) is 6.96. The lowest BCUT2D eigenvalue weighted by atomic mass is 9.63. The van der Waals surface area contributed by atoms with Gasteiger partial charge in [0.15, 0.2) is 0 Å². The summed E-state index contributed by atoms with van der Waals surface area (Å²) in [7, 11) is -3.00. The molecule has 0 bridgehead atoms. The second-order valence-electron chi connectivity index (χ2n) is 7.57. The van der Waals surface area contributed by atoms with Gasteiger partial charge in [-0.2, -0.15) is 0 Å². The molecule has 1 saturated carbocycles. The maximum absolute atomic E-state index is 11.7. The van der Waals surface area contributed by atoms with Crippen LogP contribution in [0.3, 0.4) is 0 Å². The van der Waals surface area contributed by atoms with Gasteiger partial charge in [0.1, 0.15) is 9.84 Å². The number of aliphatic carboxylic acids is 1. The molecule has 124 valence electrons. The highest BCUT2D eigenvalue weighted by atomic mass is 32.2. The maximum Gasteiger partial charge on any atom is 0.309 e. The first-order chi connectivity index (χ1) is 9.52. The van der Waals surface area contributed by atoms with Crippen molar-refractivity contribution in [1.29, 1.82) is 0 Å². The second kappa shape index (κ2) is 6.67. The fraction of sp³-hybridized carbons (Fsp3) is 0.938. The lowest BCUT2D eigenvalue weighted by Gasteiger charge is -2.42. The second-order valence-corrected chi connectivity index (χ2v) is 10.0. The molecule has 0 heterocycles. The van der Waals surface area contributed by atoms with Crippen LogP contribution in [-0.2, 0) is 14.6 Å². The van der Waals surface area contributed by atoms with Crippen LogP contribution >= 0.6 is 0 Å². The molecule has 1 aliphatic carbocycles. The van der Waals surface area contributed by atoms with Gasteiger partial charge in [0, 0.05) is 5.75 Å². The Bertz CT molecular complexity index is 451. The Morgan fingerprint density at radius 3 is 2.14 bits per heavy atom. The van der Waals surface area contributed by atoms with Gasteiger partial charge < -0.3 is 5.11 Å². The highest BCUT2D eigenvalue weighted by Gasteiger charge is 2.43. The normalized spacial score (nSPS) is 27.5. The van der Waals surface area contributed by atoms with Crippen LogP contribution in [-0.4, -0.2) is 31.0 Å². The van der Waals surface area contributed by atoms with Crippen molar-refractivity contribution in [2.75, 3.05) is 11.5 Å². The van der Waals surface area contributed by atoms with Crippen LogP contribution in [0.1, 0.15) is 66.2 Å². The summed E-state index contributed by atoms with van der Waals surface area (Å²) >= 11 is 0. The van der Waals surface area contributed by atoms with Gasteiger partial charge in [-0.25, -0.2) is 8.42 Å². The van der Waals surface area contributed by atoms with E-state index in [1.165, 1.54) is 0 Å².